The molecule has 1 aromatic heterocycles. The van der Waals surface area contributed by atoms with E-state index in [9.17, 15) is 0 Å². The summed E-state index contributed by atoms with van der Waals surface area (Å²) < 4.78 is 0. The predicted molar refractivity (Wildman–Crippen MR) is 82.7 cm³/mol. The molecule has 1 aliphatic rings. The van der Waals surface area contributed by atoms with Crippen LogP contribution in [0.1, 0.15) is 36.4 Å². The summed E-state index contributed by atoms with van der Waals surface area (Å²) in [4.78, 5) is 6.82. The van der Waals surface area contributed by atoms with Crippen molar-refractivity contribution in [3.8, 4) is 0 Å². The van der Waals surface area contributed by atoms with Crippen molar-refractivity contribution in [3.63, 3.8) is 0 Å². The van der Waals surface area contributed by atoms with Gasteiger partial charge in [-0.3, -0.25) is 9.88 Å². The van der Waals surface area contributed by atoms with Gasteiger partial charge in [-0.1, -0.05) is 36.2 Å². The van der Waals surface area contributed by atoms with Crippen LogP contribution in [0.5, 0.6) is 0 Å². The molecule has 0 unspecified atom stereocenters. The summed E-state index contributed by atoms with van der Waals surface area (Å²) in [6.07, 6.45) is 7.63. The molecule has 2 nitrogen and oxygen atoms in total. The highest BCUT2D eigenvalue weighted by atomic mass is 35.5. The number of pyridine rings is 1. The lowest BCUT2D eigenvalue weighted by atomic mass is 9.96. The molecular weight excluding hydrogens is 268 g/mol. The molecule has 0 bridgehead atoms. The molecule has 1 fully saturated rings. The van der Waals surface area contributed by atoms with Gasteiger partial charge in [0, 0.05) is 30.0 Å². The zero-order valence-corrected chi connectivity index (χ0v) is 12.3. The first-order chi connectivity index (χ1) is 9.83. The summed E-state index contributed by atoms with van der Waals surface area (Å²) in [5.41, 5.74) is 2.61. The fourth-order valence-corrected chi connectivity index (χ4v) is 3.21. The Bertz CT molecular complexity index is 556. The zero-order valence-electron chi connectivity index (χ0n) is 11.5. The Morgan fingerprint density at radius 3 is 2.95 bits per heavy atom. The molecule has 0 aliphatic carbocycles. The van der Waals surface area contributed by atoms with E-state index in [1.165, 1.54) is 30.4 Å². The van der Waals surface area contributed by atoms with Crippen molar-refractivity contribution in [2.75, 3.05) is 6.54 Å². The average molecular weight is 287 g/mol. The summed E-state index contributed by atoms with van der Waals surface area (Å²) in [5, 5.41) is 0.817. The molecule has 1 aromatic carbocycles. The van der Waals surface area contributed by atoms with Crippen molar-refractivity contribution < 1.29 is 0 Å². The van der Waals surface area contributed by atoms with Crippen molar-refractivity contribution in [2.24, 2.45) is 0 Å². The maximum Gasteiger partial charge on any atom is 0.0409 e. The Morgan fingerprint density at radius 2 is 2.15 bits per heavy atom. The molecule has 0 radical (unpaired) electrons. The van der Waals surface area contributed by atoms with E-state index >= 15 is 0 Å². The Morgan fingerprint density at radius 1 is 1.20 bits per heavy atom. The van der Waals surface area contributed by atoms with Crippen LogP contribution < -0.4 is 0 Å². The molecule has 3 rings (SSSR count). The number of halogens is 1. The molecule has 104 valence electrons. The Balaban J connectivity index is 1.79. The summed E-state index contributed by atoms with van der Waals surface area (Å²) in [7, 11) is 0. The fourth-order valence-electron chi connectivity index (χ4n) is 3.00. The van der Waals surface area contributed by atoms with Crippen LogP contribution in [-0.4, -0.2) is 16.4 Å². The van der Waals surface area contributed by atoms with Crippen LogP contribution in [0, 0.1) is 0 Å². The highest BCUT2D eigenvalue weighted by molar-refractivity contribution is 6.30. The normalized spacial score (nSPS) is 19.9. The maximum atomic E-state index is 6.09. The van der Waals surface area contributed by atoms with E-state index in [1.807, 2.05) is 30.6 Å². The number of piperidine rings is 1. The van der Waals surface area contributed by atoms with Gasteiger partial charge in [0.05, 0.1) is 0 Å². The van der Waals surface area contributed by atoms with Gasteiger partial charge < -0.3 is 0 Å². The second-order valence-electron chi connectivity index (χ2n) is 5.40. The second-order valence-corrected chi connectivity index (χ2v) is 5.83. The maximum absolute atomic E-state index is 6.09. The molecule has 1 aliphatic heterocycles. The zero-order chi connectivity index (χ0) is 13.8. The van der Waals surface area contributed by atoms with Crippen LogP contribution in [0.25, 0.3) is 0 Å². The number of rotatable bonds is 3. The highest BCUT2D eigenvalue weighted by Crippen LogP contribution is 2.31. The summed E-state index contributed by atoms with van der Waals surface area (Å²) in [5.74, 6) is 0. The van der Waals surface area contributed by atoms with Crippen LogP contribution >= 0.6 is 11.6 Å². The van der Waals surface area contributed by atoms with E-state index in [1.54, 1.807) is 0 Å². The van der Waals surface area contributed by atoms with E-state index < -0.39 is 0 Å². The molecule has 2 heterocycles. The van der Waals surface area contributed by atoms with E-state index in [-0.39, 0.29) is 0 Å². The number of hydrogen-bond donors (Lipinski definition) is 0. The van der Waals surface area contributed by atoms with Crippen molar-refractivity contribution >= 4 is 11.6 Å². The number of hydrogen-bond acceptors (Lipinski definition) is 2. The molecule has 2 aromatic rings. The fraction of sp³-hybridized carbons (Fsp3) is 0.353. The number of benzene rings is 1. The van der Waals surface area contributed by atoms with Gasteiger partial charge in [0.25, 0.3) is 0 Å². The van der Waals surface area contributed by atoms with Crippen LogP contribution in [0.15, 0.2) is 48.8 Å². The van der Waals surface area contributed by atoms with Crippen LogP contribution in [-0.2, 0) is 6.54 Å². The first kappa shape index (κ1) is 13.6. The van der Waals surface area contributed by atoms with Gasteiger partial charge in [0.15, 0.2) is 0 Å². The summed E-state index contributed by atoms with van der Waals surface area (Å²) in [6.45, 7) is 2.10. The Labute approximate surface area is 125 Å². The minimum absolute atomic E-state index is 0.483. The smallest absolute Gasteiger partial charge is 0.0409 e. The van der Waals surface area contributed by atoms with Crippen LogP contribution in [0.2, 0.25) is 5.02 Å². The topological polar surface area (TPSA) is 16.1 Å². The SMILES string of the molecule is Clc1cccc(CN2CCCC[C@H]2c2cccnc2)c1. The summed E-state index contributed by atoms with van der Waals surface area (Å²) >= 11 is 6.09. The lowest BCUT2D eigenvalue weighted by Gasteiger charge is -2.36. The molecule has 3 heteroatoms. The summed E-state index contributed by atoms with van der Waals surface area (Å²) in [6, 6.07) is 12.9. The predicted octanol–water partition coefficient (Wildman–Crippen LogP) is 4.46. The molecular formula is C17H19ClN2. The third kappa shape index (κ3) is 3.20. The first-order valence-corrected chi connectivity index (χ1v) is 7.59. The minimum atomic E-state index is 0.483. The van der Waals surface area contributed by atoms with Crippen LogP contribution in [0.4, 0.5) is 0 Å². The third-order valence-electron chi connectivity index (χ3n) is 3.96. The van der Waals surface area contributed by atoms with E-state index in [4.69, 9.17) is 11.6 Å². The lowest BCUT2D eigenvalue weighted by Crippen LogP contribution is -2.32. The number of nitrogens with zero attached hydrogens (tertiary/aromatic N) is 2. The Kier molecular flexibility index (Phi) is 4.34. The number of likely N-dealkylation sites (tertiary alicyclic amines) is 1. The van der Waals surface area contributed by atoms with E-state index in [0.717, 1.165) is 18.1 Å². The average Bonchev–Trinajstić information content (AvgIpc) is 2.49. The van der Waals surface area contributed by atoms with Gasteiger partial charge in [-0.15, -0.1) is 0 Å². The van der Waals surface area contributed by atoms with Crippen molar-refractivity contribution in [2.45, 2.75) is 31.8 Å². The third-order valence-corrected chi connectivity index (χ3v) is 4.19. The van der Waals surface area contributed by atoms with Gasteiger partial charge in [0.1, 0.15) is 0 Å². The van der Waals surface area contributed by atoms with Gasteiger partial charge >= 0.3 is 0 Å². The van der Waals surface area contributed by atoms with Gasteiger partial charge in [-0.25, -0.2) is 0 Å². The molecule has 1 saturated heterocycles. The van der Waals surface area contributed by atoms with Crippen molar-refractivity contribution in [3.05, 3.63) is 64.9 Å². The highest BCUT2D eigenvalue weighted by Gasteiger charge is 2.23. The molecule has 1 atom stereocenters. The van der Waals surface area contributed by atoms with E-state index in [0.29, 0.717) is 6.04 Å². The Hall–Kier alpha value is -1.38. The molecule has 0 spiro atoms. The quantitative estimate of drug-likeness (QED) is 0.828. The van der Waals surface area contributed by atoms with Gasteiger partial charge in [-0.05, 0) is 48.7 Å². The molecule has 0 N–H and O–H groups in total. The first-order valence-electron chi connectivity index (χ1n) is 7.21. The standard InChI is InChI=1S/C17H19ClN2/c18-16-7-3-5-14(11-16)13-20-10-2-1-8-17(20)15-6-4-9-19-12-15/h3-7,9,11-12,17H,1-2,8,10,13H2/t17-/m0/s1. The molecule has 0 amide bonds. The number of aromatic nitrogens is 1. The van der Waals surface area contributed by atoms with Crippen molar-refractivity contribution in [1.29, 1.82) is 0 Å². The van der Waals surface area contributed by atoms with Crippen molar-refractivity contribution in [1.82, 2.24) is 9.88 Å². The van der Waals surface area contributed by atoms with Gasteiger partial charge in [-0.2, -0.15) is 0 Å². The second kappa shape index (κ2) is 6.38. The monoisotopic (exact) mass is 286 g/mol. The van der Waals surface area contributed by atoms with E-state index in [2.05, 4.69) is 28.1 Å². The lowest BCUT2D eigenvalue weighted by molar-refractivity contribution is 0.140. The van der Waals surface area contributed by atoms with Gasteiger partial charge in [0.2, 0.25) is 0 Å². The molecule has 20 heavy (non-hydrogen) atoms. The van der Waals surface area contributed by atoms with Crippen LogP contribution in [0.3, 0.4) is 0 Å². The minimum Gasteiger partial charge on any atom is -0.292 e. The largest absolute Gasteiger partial charge is 0.292 e. The molecule has 0 saturated carbocycles.